The van der Waals surface area contributed by atoms with Crippen LogP contribution in [0.5, 0.6) is 0 Å². The van der Waals surface area contributed by atoms with Crippen LogP contribution >= 0.6 is 24.8 Å². The fourth-order valence-electron chi connectivity index (χ4n) is 4.57. The van der Waals surface area contributed by atoms with Crippen LogP contribution in [0.4, 0.5) is 0 Å². The van der Waals surface area contributed by atoms with Crippen molar-refractivity contribution in [3.63, 3.8) is 0 Å². The van der Waals surface area contributed by atoms with Gasteiger partial charge in [0, 0.05) is 6.54 Å². The molecule has 1 heterocycles. The number of carbonyl (C=O) groups is 3. The number of ether oxygens (including phenoxy) is 2. The molecule has 0 bridgehead atoms. The van der Waals surface area contributed by atoms with Gasteiger partial charge >= 0.3 is 11.9 Å². The third-order valence-electron chi connectivity index (χ3n) is 6.57. The Morgan fingerprint density at radius 3 is 2.41 bits per heavy atom. The topological polar surface area (TPSA) is 163 Å². The Hall–Kier alpha value is -2.67. The predicted octanol–water partition coefficient (Wildman–Crippen LogP) is 3.00. The van der Waals surface area contributed by atoms with Crippen LogP contribution in [0.15, 0.2) is 30.3 Å². The molecule has 234 valence electrons. The van der Waals surface area contributed by atoms with Gasteiger partial charge in [0.25, 0.3) is 5.09 Å². The highest BCUT2D eigenvalue weighted by atomic mass is 35.5. The summed E-state index contributed by atoms with van der Waals surface area (Å²) in [6.07, 6.45) is 4.88. The maximum Gasteiger partial charge on any atom is 0.328 e. The summed E-state index contributed by atoms with van der Waals surface area (Å²) in [5, 5.41) is 12.6. The van der Waals surface area contributed by atoms with Gasteiger partial charge in [-0.1, -0.05) is 36.8 Å². The van der Waals surface area contributed by atoms with E-state index in [1.54, 1.807) is 6.92 Å². The molecule has 14 heteroatoms. The number of halogens is 2. The summed E-state index contributed by atoms with van der Waals surface area (Å²) in [4.78, 5) is 55.3. The number of likely N-dealkylation sites (tertiary alicyclic amines) is 1. The minimum atomic E-state index is -0.861. The van der Waals surface area contributed by atoms with Crippen molar-refractivity contribution in [3.05, 3.63) is 46.0 Å². The average Bonchev–Trinajstić information content (AvgIpc) is 3.42. The van der Waals surface area contributed by atoms with E-state index in [9.17, 15) is 24.5 Å². The van der Waals surface area contributed by atoms with E-state index in [1.165, 1.54) is 4.90 Å². The Balaban J connectivity index is 0.00000800. The number of esters is 2. The molecule has 3 N–H and O–H groups in total. The molecule has 41 heavy (non-hydrogen) atoms. The van der Waals surface area contributed by atoms with Crippen molar-refractivity contribution < 1.29 is 33.8 Å². The largest absolute Gasteiger partial charge is 0.465 e. The van der Waals surface area contributed by atoms with Gasteiger partial charge in [-0.05, 0) is 70.4 Å². The molecule has 0 spiro atoms. The number of nitrogens with zero attached hydrogens (tertiary/aromatic N) is 2. The molecule has 0 aliphatic carbocycles. The number of hydrogen-bond donors (Lipinski definition) is 2. The van der Waals surface area contributed by atoms with E-state index in [0.717, 1.165) is 12.0 Å². The van der Waals surface area contributed by atoms with Gasteiger partial charge in [0.2, 0.25) is 5.91 Å². The zero-order chi connectivity index (χ0) is 28.5. The first-order valence-electron chi connectivity index (χ1n) is 13.8. The first-order valence-corrected chi connectivity index (χ1v) is 13.8. The number of aryl methyl sites for hydroxylation is 1. The summed E-state index contributed by atoms with van der Waals surface area (Å²) in [6, 6.07) is 7.70. The SMILES string of the molecule is CCOC(=O)[C@H](CCc1ccccc1)N[C@@H](CCCCN)C(=O)N1CCC[C@H]1C(=O)OCCCCO[N+](=O)[O-].Cl.Cl. The van der Waals surface area contributed by atoms with Crippen LogP contribution in [-0.2, 0) is 35.1 Å². The molecule has 1 aromatic carbocycles. The van der Waals surface area contributed by atoms with E-state index < -0.39 is 35.2 Å². The van der Waals surface area contributed by atoms with Crippen molar-refractivity contribution in [2.24, 2.45) is 5.73 Å². The Labute approximate surface area is 253 Å². The Bertz CT molecular complexity index is 913. The number of carbonyl (C=O) groups excluding carboxylic acids is 3. The van der Waals surface area contributed by atoms with Crippen molar-refractivity contribution in [2.45, 2.75) is 82.8 Å². The second-order valence-electron chi connectivity index (χ2n) is 9.45. The number of benzene rings is 1. The molecular formula is C27H44Cl2N4O8. The summed E-state index contributed by atoms with van der Waals surface area (Å²) in [6.45, 7) is 2.89. The standard InChI is InChI=1S/C27H42N4O8.2ClH/c1-2-37-26(33)23(16-15-21-11-4-3-5-12-21)29-22(13-6-7-17-28)25(32)30-18-10-14-24(30)27(34)38-19-8-9-20-39-31(35)36;;/h3-5,11-12,22-24,29H,2,6-10,13-20,28H2,1H3;2*1H/t22-,23-,24-;;/m0../s1. The summed E-state index contributed by atoms with van der Waals surface area (Å²) in [5.74, 6) is -1.16. The summed E-state index contributed by atoms with van der Waals surface area (Å²) >= 11 is 0. The van der Waals surface area contributed by atoms with Crippen LogP contribution in [0, 0.1) is 10.1 Å². The predicted molar refractivity (Wildman–Crippen MR) is 157 cm³/mol. The van der Waals surface area contributed by atoms with Crippen LogP contribution in [0.3, 0.4) is 0 Å². The molecule has 12 nitrogen and oxygen atoms in total. The number of nitrogens with one attached hydrogen (secondary N) is 1. The van der Waals surface area contributed by atoms with Gasteiger partial charge in [0.1, 0.15) is 12.1 Å². The Morgan fingerprint density at radius 2 is 1.76 bits per heavy atom. The molecule has 1 saturated heterocycles. The molecule has 1 aliphatic heterocycles. The van der Waals surface area contributed by atoms with Crippen molar-refractivity contribution in [1.82, 2.24) is 10.2 Å². The molecule has 2 rings (SSSR count). The lowest BCUT2D eigenvalue weighted by Crippen LogP contribution is -2.54. The number of rotatable bonds is 19. The van der Waals surface area contributed by atoms with Gasteiger partial charge in [-0.2, -0.15) is 0 Å². The lowest BCUT2D eigenvalue weighted by atomic mass is 10.0. The maximum atomic E-state index is 13.7. The smallest absolute Gasteiger partial charge is 0.328 e. The first-order chi connectivity index (χ1) is 18.9. The molecule has 0 saturated carbocycles. The minimum absolute atomic E-state index is 0. The van der Waals surface area contributed by atoms with Gasteiger partial charge in [-0.15, -0.1) is 34.9 Å². The van der Waals surface area contributed by atoms with Crippen LogP contribution < -0.4 is 11.1 Å². The van der Waals surface area contributed by atoms with E-state index in [-0.39, 0.29) is 50.5 Å². The van der Waals surface area contributed by atoms with E-state index in [0.29, 0.717) is 64.5 Å². The number of amides is 1. The van der Waals surface area contributed by atoms with Crippen LogP contribution in [0.1, 0.15) is 63.9 Å². The highest BCUT2D eigenvalue weighted by Gasteiger charge is 2.39. The third-order valence-corrected chi connectivity index (χ3v) is 6.57. The van der Waals surface area contributed by atoms with Crippen molar-refractivity contribution in [2.75, 3.05) is 32.9 Å². The Kier molecular flexibility index (Phi) is 20.6. The quantitative estimate of drug-likeness (QED) is 0.101. The van der Waals surface area contributed by atoms with Crippen molar-refractivity contribution in [1.29, 1.82) is 0 Å². The lowest BCUT2D eigenvalue weighted by molar-refractivity contribution is -0.757. The van der Waals surface area contributed by atoms with E-state index >= 15 is 0 Å². The Morgan fingerprint density at radius 1 is 1.05 bits per heavy atom. The molecular weight excluding hydrogens is 579 g/mol. The van der Waals surface area contributed by atoms with Crippen LogP contribution in [-0.4, -0.2) is 78.9 Å². The van der Waals surface area contributed by atoms with Crippen LogP contribution in [0.2, 0.25) is 0 Å². The molecule has 0 aromatic heterocycles. The van der Waals surface area contributed by atoms with Crippen molar-refractivity contribution >= 4 is 42.7 Å². The van der Waals surface area contributed by atoms with Gasteiger partial charge < -0.3 is 24.9 Å². The van der Waals surface area contributed by atoms with Gasteiger partial charge in [0.15, 0.2) is 0 Å². The molecule has 3 atom stereocenters. The fourth-order valence-corrected chi connectivity index (χ4v) is 4.57. The van der Waals surface area contributed by atoms with Gasteiger partial charge in [-0.3, -0.25) is 14.9 Å². The third kappa shape index (κ3) is 14.2. The molecule has 1 aliphatic rings. The van der Waals surface area contributed by atoms with Gasteiger partial charge in [-0.25, -0.2) is 4.79 Å². The fraction of sp³-hybridized carbons (Fsp3) is 0.667. The van der Waals surface area contributed by atoms with Gasteiger partial charge in [0.05, 0.1) is 25.9 Å². The number of hydrogen-bond acceptors (Lipinski definition) is 10. The zero-order valence-electron chi connectivity index (χ0n) is 23.6. The highest BCUT2D eigenvalue weighted by Crippen LogP contribution is 2.22. The molecule has 0 radical (unpaired) electrons. The van der Waals surface area contributed by atoms with E-state index in [4.69, 9.17) is 15.2 Å². The monoisotopic (exact) mass is 622 g/mol. The molecule has 0 unspecified atom stereocenters. The maximum absolute atomic E-state index is 13.7. The average molecular weight is 624 g/mol. The lowest BCUT2D eigenvalue weighted by Gasteiger charge is -2.30. The number of nitrogens with two attached hydrogens (primary N) is 1. The molecule has 1 fully saturated rings. The summed E-state index contributed by atoms with van der Waals surface area (Å²) in [7, 11) is 0. The summed E-state index contributed by atoms with van der Waals surface area (Å²) < 4.78 is 10.7. The van der Waals surface area contributed by atoms with Crippen molar-refractivity contribution in [3.8, 4) is 0 Å². The second-order valence-corrected chi connectivity index (χ2v) is 9.45. The first kappa shape index (κ1) is 38.3. The zero-order valence-corrected chi connectivity index (χ0v) is 25.2. The number of unbranched alkanes of at least 4 members (excludes halogenated alkanes) is 2. The minimum Gasteiger partial charge on any atom is -0.465 e. The van der Waals surface area contributed by atoms with E-state index in [1.807, 2.05) is 30.3 Å². The van der Waals surface area contributed by atoms with E-state index in [2.05, 4.69) is 10.2 Å². The normalized spacial score (nSPS) is 15.6. The molecule has 1 amide bonds. The summed E-state index contributed by atoms with van der Waals surface area (Å²) in [5.41, 5.74) is 6.75. The van der Waals surface area contributed by atoms with Crippen LogP contribution in [0.25, 0.3) is 0 Å². The molecule has 1 aromatic rings. The second kappa shape index (κ2) is 22.0. The highest BCUT2D eigenvalue weighted by molar-refractivity contribution is 5.89.